The molecule has 4 nitrogen and oxygen atoms in total. The number of aromatic nitrogens is 3. The SMILES string of the molecule is CC(=O)CCCSc1nnc(-c2ccccc2F)n1C1CC1. The largest absolute Gasteiger partial charge is 0.300 e. The number of rotatable bonds is 7. The molecule has 6 heteroatoms. The number of benzene rings is 1. The molecular weight excluding hydrogens is 301 g/mol. The highest BCUT2D eigenvalue weighted by atomic mass is 32.2. The number of halogens is 1. The first kappa shape index (κ1) is 15.2. The van der Waals surface area contributed by atoms with Gasteiger partial charge in [-0.15, -0.1) is 10.2 Å². The molecule has 0 saturated heterocycles. The maximum atomic E-state index is 14.0. The second-order valence-electron chi connectivity index (χ2n) is 5.54. The van der Waals surface area contributed by atoms with Crippen molar-refractivity contribution in [3.63, 3.8) is 0 Å². The highest BCUT2D eigenvalue weighted by molar-refractivity contribution is 7.99. The maximum Gasteiger partial charge on any atom is 0.191 e. The molecule has 116 valence electrons. The van der Waals surface area contributed by atoms with Gasteiger partial charge in [-0.25, -0.2) is 4.39 Å². The normalized spacial score (nSPS) is 14.3. The lowest BCUT2D eigenvalue weighted by atomic mass is 10.2. The summed E-state index contributed by atoms with van der Waals surface area (Å²) in [6, 6.07) is 7.04. The zero-order valence-corrected chi connectivity index (χ0v) is 13.3. The highest BCUT2D eigenvalue weighted by Crippen LogP contribution is 2.41. The van der Waals surface area contributed by atoms with Gasteiger partial charge in [0.15, 0.2) is 11.0 Å². The van der Waals surface area contributed by atoms with Crippen LogP contribution in [0.25, 0.3) is 11.4 Å². The summed E-state index contributed by atoms with van der Waals surface area (Å²) in [6.45, 7) is 1.60. The number of hydrogen-bond donors (Lipinski definition) is 0. The molecule has 0 spiro atoms. The molecule has 0 radical (unpaired) electrons. The number of nitrogens with zero attached hydrogens (tertiary/aromatic N) is 3. The first-order chi connectivity index (χ1) is 10.7. The van der Waals surface area contributed by atoms with Crippen molar-refractivity contribution in [2.24, 2.45) is 0 Å². The molecule has 0 N–H and O–H groups in total. The summed E-state index contributed by atoms with van der Waals surface area (Å²) < 4.78 is 16.1. The van der Waals surface area contributed by atoms with E-state index in [1.54, 1.807) is 30.8 Å². The Balaban J connectivity index is 1.81. The van der Waals surface area contributed by atoms with Crippen molar-refractivity contribution in [3.05, 3.63) is 30.1 Å². The van der Waals surface area contributed by atoms with Crippen LogP contribution in [0.2, 0.25) is 0 Å². The van der Waals surface area contributed by atoms with Gasteiger partial charge < -0.3 is 4.79 Å². The molecule has 1 fully saturated rings. The summed E-state index contributed by atoms with van der Waals surface area (Å²) in [4.78, 5) is 11.0. The second kappa shape index (κ2) is 6.60. The summed E-state index contributed by atoms with van der Waals surface area (Å²) in [5, 5.41) is 9.27. The number of ketones is 1. The molecule has 1 heterocycles. The third-order valence-electron chi connectivity index (χ3n) is 3.60. The van der Waals surface area contributed by atoms with E-state index in [4.69, 9.17) is 0 Å². The maximum absolute atomic E-state index is 14.0. The van der Waals surface area contributed by atoms with Gasteiger partial charge in [0.05, 0.1) is 5.56 Å². The van der Waals surface area contributed by atoms with Crippen LogP contribution in [0.5, 0.6) is 0 Å². The van der Waals surface area contributed by atoms with Crippen molar-refractivity contribution in [3.8, 4) is 11.4 Å². The van der Waals surface area contributed by atoms with E-state index in [1.165, 1.54) is 6.07 Å². The van der Waals surface area contributed by atoms with Gasteiger partial charge in [0.2, 0.25) is 0 Å². The van der Waals surface area contributed by atoms with Crippen molar-refractivity contribution in [1.29, 1.82) is 0 Å². The first-order valence-electron chi connectivity index (χ1n) is 7.49. The van der Waals surface area contributed by atoms with Crippen molar-refractivity contribution < 1.29 is 9.18 Å². The van der Waals surface area contributed by atoms with E-state index < -0.39 is 0 Å². The Hall–Kier alpha value is -1.69. The third kappa shape index (κ3) is 3.38. The fraction of sp³-hybridized carbons (Fsp3) is 0.438. The number of carbonyl (C=O) groups excluding carboxylic acids is 1. The highest BCUT2D eigenvalue weighted by Gasteiger charge is 2.30. The van der Waals surface area contributed by atoms with Crippen molar-refractivity contribution in [2.45, 2.75) is 43.8 Å². The quantitative estimate of drug-likeness (QED) is 0.574. The standard InChI is InChI=1S/C16H18FN3OS/c1-11(21)5-4-10-22-16-19-18-15(20(16)12-8-9-12)13-6-2-3-7-14(13)17/h2-3,6-7,12H,4-5,8-10H2,1H3. The molecule has 0 aliphatic heterocycles. The van der Waals surface area contributed by atoms with E-state index in [2.05, 4.69) is 14.8 Å². The zero-order chi connectivity index (χ0) is 15.5. The van der Waals surface area contributed by atoms with Crippen LogP contribution < -0.4 is 0 Å². The Morgan fingerprint density at radius 3 is 2.82 bits per heavy atom. The molecule has 0 bridgehead atoms. The summed E-state index contributed by atoms with van der Waals surface area (Å²) in [6.07, 6.45) is 3.58. The minimum atomic E-state index is -0.273. The van der Waals surface area contributed by atoms with Gasteiger partial charge in [-0.05, 0) is 38.3 Å². The van der Waals surface area contributed by atoms with Gasteiger partial charge >= 0.3 is 0 Å². The Kier molecular flexibility index (Phi) is 4.57. The topological polar surface area (TPSA) is 47.8 Å². The lowest BCUT2D eigenvalue weighted by Gasteiger charge is -2.09. The molecule has 0 unspecified atom stereocenters. The van der Waals surface area contributed by atoms with Gasteiger partial charge in [-0.3, -0.25) is 4.57 Å². The van der Waals surface area contributed by atoms with Crippen LogP contribution >= 0.6 is 11.8 Å². The molecule has 0 atom stereocenters. The Labute approximate surface area is 133 Å². The van der Waals surface area contributed by atoms with Crippen LogP contribution in [-0.4, -0.2) is 26.3 Å². The number of carbonyl (C=O) groups is 1. The van der Waals surface area contributed by atoms with Crippen LogP contribution in [0.1, 0.15) is 38.6 Å². The fourth-order valence-corrected chi connectivity index (χ4v) is 3.29. The van der Waals surface area contributed by atoms with Crippen molar-refractivity contribution in [1.82, 2.24) is 14.8 Å². The molecule has 3 rings (SSSR count). The average molecular weight is 319 g/mol. The van der Waals surface area contributed by atoms with E-state index in [0.717, 1.165) is 30.2 Å². The summed E-state index contributed by atoms with van der Waals surface area (Å²) in [7, 11) is 0. The van der Waals surface area contributed by atoms with Crippen LogP contribution in [-0.2, 0) is 4.79 Å². The second-order valence-corrected chi connectivity index (χ2v) is 6.60. The molecule has 1 saturated carbocycles. The molecule has 1 aliphatic carbocycles. The predicted octanol–water partition coefficient (Wildman–Crippen LogP) is 3.88. The molecule has 2 aromatic rings. The third-order valence-corrected chi connectivity index (χ3v) is 4.63. The fourth-order valence-electron chi connectivity index (χ4n) is 2.35. The molecule has 1 aromatic heterocycles. The Morgan fingerprint density at radius 2 is 2.14 bits per heavy atom. The van der Waals surface area contributed by atoms with E-state index in [0.29, 0.717) is 23.9 Å². The van der Waals surface area contributed by atoms with E-state index in [9.17, 15) is 9.18 Å². The van der Waals surface area contributed by atoms with Crippen LogP contribution in [0.3, 0.4) is 0 Å². The lowest BCUT2D eigenvalue weighted by molar-refractivity contribution is -0.117. The Bertz CT molecular complexity index is 682. The van der Waals surface area contributed by atoms with Crippen LogP contribution in [0.4, 0.5) is 4.39 Å². The predicted molar refractivity (Wildman–Crippen MR) is 84.3 cm³/mol. The van der Waals surface area contributed by atoms with E-state index >= 15 is 0 Å². The minimum absolute atomic E-state index is 0.205. The Morgan fingerprint density at radius 1 is 1.36 bits per heavy atom. The van der Waals surface area contributed by atoms with Crippen LogP contribution in [0.15, 0.2) is 29.4 Å². The van der Waals surface area contributed by atoms with Crippen LogP contribution in [0, 0.1) is 5.82 Å². The summed E-state index contributed by atoms with van der Waals surface area (Å²) in [5.41, 5.74) is 0.498. The molecule has 1 aromatic carbocycles. The van der Waals surface area contributed by atoms with E-state index in [1.807, 2.05) is 6.07 Å². The van der Waals surface area contributed by atoms with Crippen molar-refractivity contribution in [2.75, 3.05) is 5.75 Å². The monoisotopic (exact) mass is 319 g/mol. The smallest absolute Gasteiger partial charge is 0.191 e. The lowest BCUT2D eigenvalue weighted by Crippen LogP contribution is -2.01. The van der Waals surface area contributed by atoms with Gasteiger partial charge in [0.1, 0.15) is 11.6 Å². The molecule has 0 amide bonds. The van der Waals surface area contributed by atoms with Gasteiger partial charge in [-0.1, -0.05) is 23.9 Å². The summed E-state index contributed by atoms with van der Waals surface area (Å²) in [5.74, 6) is 1.36. The first-order valence-corrected chi connectivity index (χ1v) is 8.47. The van der Waals surface area contributed by atoms with Crippen molar-refractivity contribution >= 4 is 17.5 Å². The van der Waals surface area contributed by atoms with Gasteiger partial charge in [0, 0.05) is 18.2 Å². The number of thioether (sulfide) groups is 1. The minimum Gasteiger partial charge on any atom is -0.300 e. The summed E-state index contributed by atoms with van der Waals surface area (Å²) >= 11 is 1.59. The molecule has 22 heavy (non-hydrogen) atoms. The molecular formula is C16H18FN3OS. The average Bonchev–Trinajstić information content (AvgIpc) is 3.25. The number of hydrogen-bond acceptors (Lipinski definition) is 4. The zero-order valence-electron chi connectivity index (χ0n) is 12.5. The van der Waals surface area contributed by atoms with Gasteiger partial charge in [-0.2, -0.15) is 0 Å². The molecule has 1 aliphatic rings. The van der Waals surface area contributed by atoms with Gasteiger partial charge in [0.25, 0.3) is 0 Å². The van der Waals surface area contributed by atoms with E-state index in [-0.39, 0.29) is 11.6 Å². The number of Topliss-reactive ketones (excluding diaryl/α,β-unsaturated/α-hetero) is 1.